The monoisotopic (exact) mass is 394 g/mol. The van der Waals surface area contributed by atoms with Gasteiger partial charge >= 0.3 is 6.18 Å². The zero-order chi connectivity index (χ0) is 19.4. The summed E-state index contributed by atoms with van der Waals surface area (Å²) in [6.45, 7) is 0.390. The van der Waals surface area contributed by atoms with Gasteiger partial charge in [0.1, 0.15) is 40.5 Å². The Morgan fingerprint density at radius 1 is 1.31 bits per heavy atom. The minimum Gasteiger partial charge on any atom is -0.394 e. The lowest BCUT2D eigenvalue weighted by molar-refractivity contribution is -0.141. The summed E-state index contributed by atoms with van der Waals surface area (Å²) in [5, 5.41) is 28.8. The lowest BCUT2D eigenvalue weighted by Crippen LogP contribution is -2.32. The zero-order valence-electron chi connectivity index (χ0n) is 13.2. The highest BCUT2D eigenvalue weighted by Crippen LogP contribution is 2.37. The van der Waals surface area contributed by atoms with Crippen molar-refractivity contribution < 1.29 is 37.6 Å². The molecule has 0 spiro atoms. The maximum atomic E-state index is 14.5. The van der Waals surface area contributed by atoms with Crippen molar-refractivity contribution in [2.75, 3.05) is 6.61 Å². The maximum absolute atomic E-state index is 14.5. The Morgan fingerprint density at radius 3 is 2.50 bits per heavy atom. The molecule has 26 heavy (non-hydrogen) atoms. The third kappa shape index (κ3) is 2.99. The van der Waals surface area contributed by atoms with Gasteiger partial charge in [-0.05, 0) is 13.0 Å². The number of H-pyrrole nitrogens is 1. The molecule has 0 bridgehead atoms. The van der Waals surface area contributed by atoms with E-state index in [0.717, 1.165) is 13.0 Å². The summed E-state index contributed by atoms with van der Waals surface area (Å²) >= 11 is 5.06. The lowest BCUT2D eigenvalue weighted by Gasteiger charge is -2.17. The van der Waals surface area contributed by atoms with Gasteiger partial charge in [0.05, 0.1) is 12.0 Å². The first-order valence-electron chi connectivity index (χ1n) is 7.49. The second-order valence-corrected chi connectivity index (χ2v) is 6.38. The predicted octanol–water partition coefficient (Wildman–Crippen LogP) is 1.91. The highest BCUT2D eigenvalue weighted by molar-refractivity contribution is 7.71. The second kappa shape index (κ2) is 6.50. The van der Waals surface area contributed by atoms with E-state index in [-0.39, 0.29) is 15.6 Å². The summed E-state index contributed by atoms with van der Waals surface area (Å²) in [6, 6.07) is 1.13. The van der Waals surface area contributed by atoms with E-state index in [2.05, 4.69) is 9.97 Å². The van der Waals surface area contributed by atoms with Crippen molar-refractivity contribution in [3.05, 3.63) is 33.3 Å². The number of ether oxygens (including phenoxy) is 1. The van der Waals surface area contributed by atoms with Gasteiger partial charge in [0, 0.05) is 11.1 Å². The molecule has 2 aromatic rings. The molecule has 1 aliphatic rings. The maximum Gasteiger partial charge on any atom is 0.433 e. The number of fused-ring (bicyclic) bond motifs is 1. The van der Waals surface area contributed by atoms with Crippen LogP contribution in [0.1, 0.15) is 22.9 Å². The third-order valence-electron chi connectivity index (χ3n) is 4.31. The Morgan fingerprint density at radius 2 is 1.96 bits per heavy atom. The molecule has 0 saturated carbocycles. The third-order valence-corrected chi connectivity index (χ3v) is 4.65. The fourth-order valence-electron chi connectivity index (χ4n) is 2.94. The molecule has 142 valence electrons. The summed E-state index contributed by atoms with van der Waals surface area (Å²) in [5.41, 5.74) is -2.38. The number of hydrogen-bond donors (Lipinski definition) is 4. The van der Waals surface area contributed by atoms with Crippen molar-refractivity contribution >= 4 is 23.3 Å². The normalized spacial score (nSPS) is 26.6. The molecule has 3 rings (SSSR count). The fraction of sp³-hybridized carbons (Fsp3) is 0.467. The van der Waals surface area contributed by atoms with Gasteiger partial charge in [-0.25, -0.2) is 9.37 Å². The number of aliphatic hydroxyl groups excluding tert-OH is 3. The van der Waals surface area contributed by atoms with Gasteiger partial charge in [0.25, 0.3) is 0 Å². The average molecular weight is 394 g/mol. The standard InChI is InChI=1S/C15H14F4N2O4S/c1-4-8(16)5-2-6(11-10(24)9(23)7(3-22)25-11)14(26)21-13(5)20-12(4)15(17,18)19/h2,7,9-11,22-24H,3H2,1H3,(H,20,21,26). The van der Waals surface area contributed by atoms with E-state index in [1.54, 1.807) is 0 Å². The van der Waals surface area contributed by atoms with Crippen LogP contribution in [0, 0.1) is 17.4 Å². The van der Waals surface area contributed by atoms with Gasteiger partial charge in [0.15, 0.2) is 5.69 Å². The molecule has 0 aromatic carbocycles. The number of nitrogens with zero attached hydrogens (tertiary/aromatic N) is 1. The number of aliphatic hydroxyl groups is 3. The Bertz CT molecular complexity index is 917. The van der Waals surface area contributed by atoms with Crippen LogP contribution in [-0.2, 0) is 10.9 Å². The van der Waals surface area contributed by atoms with E-state index >= 15 is 0 Å². The Kier molecular flexibility index (Phi) is 4.78. The molecule has 6 nitrogen and oxygen atoms in total. The first-order chi connectivity index (χ1) is 12.1. The van der Waals surface area contributed by atoms with E-state index in [1.165, 1.54) is 0 Å². The van der Waals surface area contributed by atoms with Crippen molar-refractivity contribution in [3.63, 3.8) is 0 Å². The summed E-state index contributed by atoms with van der Waals surface area (Å²) in [6.07, 6.45) is -9.94. The quantitative estimate of drug-likeness (QED) is 0.459. The lowest BCUT2D eigenvalue weighted by atomic mass is 10.0. The zero-order valence-corrected chi connectivity index (χ0v) is 14.0. The van der Waals surface area contributed by atoms with Crippen LogP contribution >= 0.6 is 12.2 Å². The molecule has 4 atom stereocenters. The Labute approximate surface area is 149 Å². The van der Waals surface area contributed by atoms with Crippen molar-refractivity contribution in [2.45, 2.75) is 37.5 Å². The summed E-state index contributed by atoms with van der Waals surface area (Å²) in [7, 11) is 0. The molecule has 0 radical (unpaired) electrons. The van der Waals surface area contributed by atoms with Crippen LogP contribution in [0.3, 0.4) is 0 Å². The summed E-state index contributed by atoms with van der Waals surface area (Å²) < 4.78 is 58.7. The van der Waals surface area contributed by atoms with Gasteiger partial charge in [-0.2, -0.15) is 13.2 Å². The molecule has 4 N–H and O–H groups in total. The summed E-state index contributed by atoms with van der Waals surface area (Å²) in [5.74, 6) is -1.14. The topological polar surface area (TPSA) is 98.6 Å². The number of pyridine rings is 2. The van der Waals surface area contributed by atoms with E-state index in [4.69, 9.17) is 22.1 Å². The largest absolute Gasteiger partial charge is 0.433 e. The van der Waals surface area contributed by atoms with Crippen LogP contribution in [0.15, 0.2) is 6.07 Å². The van der Waals surface area contributed by atoms with Crippen molar-refractivity contribution in [1.29, 1.82) is 0 Å². The number of rotatable bonds is 2. The average Bonchev–Trinajstić information content (AvgIpc) is 2.84. The number of aromatic nitrogens is 2. The van der Waals surface area contributed by atoms with Crippen molar-refractivity contribution in [1.82, 2.24) is 9.97 Å². The van der Waals surface area contributed by atoms with E-state index < -0.39 is 59.9 Å². The Balaban J connectivity index is 2.18. The molecule has 3 heterocycles. The SMILES string of the molecule is Cc1c(C(F)(F)F)nc2[nH]c(=S)c(C3OC(CO)C(O)C3O)cc2c1F. The number of nitrogens with one attached hydrogen (secondary N) is 1. The highest BCUT2D eigenvalue weighted by atomic mass is 32.1. The van der Waals surface area contributed by atoms with Crippen LogP contribution in [0.4, 0.5) is 17.6 Å². The molecule has 1 fully saturated rings. The van der Waals surface area contributed by atoms with Gasteiger partial charge in [-0.1, -0.05) is 12.2 Å². The molecule has 0 aliphatic carbocycles. The molecule has 11 heteroatoms. The molecule has 1 aliphatic heterocycles. The molecule has 4 unspecified atom stereocenters. The van der Waals surface area contributed by atoms with Crippen molar-refractivity contribution in [2.24, 2.45) is 0 Å². The minimum absolute atomic E-state index is 0.0647. The minimum atomic E-state index is -4.84. The number of aromatic amines is 1. The molecular formula is C15H14F4N2O4S. The molecular weight excluding hydrogens is 380 g/mol. The molecule has 1 saturated heterocycles. The first-order valence-corrected chi connectivity index (χ1v) is 7.89. The Hall–Kier alpha value is -1.66. The van der Waals surface area contributed by atoms with Crippen LogP contribution in [0.2, 0.25) is 0 Å². The fourth-order valence-corrected chi connectivity index (χ4v) is 3.21. The van der Waals surface area contributed by atoms with Gasteiger partial charge < -0.3 is 25.0 Å². The van der Waals surface area contributed by atoms with Crippen molar-refractivity contribution in [3.8, 4) is 0 Å². The van der Waals surface area contributed by atoms with Crippen LogP contribution < -0.4 is 0 Å². The van der Waals surface area contributed by atoms with Gasteiger partial charge in [-0.15, -0.1) is 0 Å². The molecule has 0 amide bonds. The van der Waals surface area contributed by atoms with Gasteiger partial charge in [-0.3, -0.25) is 0 Å². The van der Waals surface area contributed by atoms with Gasteiger partial charge in [0.2, 0.25) is 0 Å². The van der Waals surface area contributed by atoms with Crippen LogP contribution in [0.5, 0.6) is 0 Å². The predicted molar refractivity (Wildman–Crippen MR) is 83.3 cm³/mol. The number of alkyl halides is 3. The van der Waals surface area contributed by atoms with Crippen LogP contribution in [-0.4, -0.2) is 50.2 Å². The van der Waals surface area contributed by atoms with E-state index in [1.807, 2.05) is 0 Å². The molecule has 2 aromatic heterocycles. The number of hydrogen-bond acceptors (Lipinski definition) is 6. The first kappa shape index (κ1) is 19.1. The second-order valence-electron chi connectivity index (χ2n) is 5.97. The van der Waals surface area contributed by atoms with Crippen LogP contribution in [0.25, 0.3) is 11.0 Å². The number of halogens is 4. The summed E-state index contributed by atoms with van der Waals surface area (Å²) in [4.78, 5) is 5.83. The van der Waals surface area contributed by atoms with E-state index in [9.17, 15) is 27.8 Å². The van der Waals surface area contributed by atoms with E-state index in [0.29, 0.717) is 0 Å². The smallest absolute Gasteiger partial charge is 0.394 e. The highest BCUT2D eigenvalue weighted by Gasteiger charge is 2.44.